The lowest BCUT2D eigenvalue weighted by Crippen LogP contribution is -2.09. The Kier molecular flexibility index (Phi) is 5.14. The first kappa shape index (κ1) is 14.3. The summed E-state index contributed by atoms with van der Waals surface area (Å²) in [7, 11) is 3.16. The number of carbonyl (C=O) groups excluding carboxylic acids is 1. The molecule has 0 atom stereocenters. The van der Waals surface area contributed by atoms with Crippen LogP contribution in [0.15, 0.2) is 18.2 Å². The minimum atomic E-state index is 0.0891. The number of methoxy groups -OCH3 is 2. The van der Waals surface area contributed by atoms with E-state index in [1.807, 2.05) is 6.07 Å². The lowest BCUT2D eigenvalue weighted by atomic mass is 10.1. The molecule has 0 radical (unpaired) electrons. The van der Waals surface area contributed by atoms with Crippen molar-refractivity contribution in [1.29, 1.82) is 0 Å². The number of hydrogen-bond donors (Lipinski definition) is 0. The van der Waals surface area contributed by atoms with Gasteiger partial charge in [0.05, 0.1) is 20.0 Å². The first-order valence-corrected chi connectivity index (χ1v) is 7.67. The zero-order valence-corrected chi connectivity index (χ0v) is 12.3. The van der Waals surface area contributed by atoms with E-state index in [9.17, 15) is 4.79 Å². The standard InChI is InChI=1S/C15H20O3S/c1-17-13-8-5-9-14(18-2)15(13)12(16)10-19-11-6-3-4-7-11/h5,8-9,11H,3-4,6-7,10H2,1-2H3. The Morgan fingerprint density at radius 2 is 1.79 bits per heavy atom. The van der Waals surface area contributed by atoms with Crippen molar-refractivity contribution in [1.82, 2.24) is 0 Å². The summed E-state index contributed by atoms with van der Waals surface area (Å²) in [4.78, 5) is 12.4. The maximum absolute atomic E-state index is 12.4. The maximum Gasteiger partial charge on any atom is 0.180 e. The van der Waals surface area contributed by atoms with E-state index in [4.69, 9.17) is 9.47 Å². The molecule has 0 N–H and O–H groups in total. The molecule has 0 saturated heterocycles. The summed E-state index contributed by atoms with van der Waals surface area (Å²) < 4.78 is 10.5. The molecule has 0 bridgehead atoms. The molecule has 0 aromatic heterocycles. The highest BCUT2D eigenvalue weighted by Gasteiger charge is 2.21. The Bertz CT molecular complexity index is 417. The van der Waals surface area contributed by atoms with E-state index >= 15 is 0 Å². The Balaban J connectivity index is 2.08. The molecule has 3 nitrogen and oxygen atoms in total. The van der Waals surface area contributed by atoms with Gasteiger partial charge < -0.3 is 9.47 Å². The fourth-order valence-corrected chi connectivity index (χ4v) is 3.64. The molecule has 1 aromatic rings. The molecule has 0 unspecified atom stereocenters. The van der Waals surface area contributed by atoms with Gasteiger partial charge in [-0.1, -0.05) is 18.9 Å². The number of benzene rings is 1. The van der Waals surface area contributed by atoms with E-state index in [1.165, 1.54) is 25.7 Å². The van der Waals surface area contributed by atoms with Crippen molar-refractivity contribution in [3.8, 4) is 11.5 Å². The van der Waals surface area contributed by atoms with Crippen molar-refractivity contribution in [3.05, 3.63) is 23.8 Å². The predicted octanol–water partition coefficient (Wildman–Crippen LogP) is 3.56. The number of rotatable bonds is 6. The third-order valence-electron chi connectivity index (χ3n) is 3.46. The molecule has 2 rings (SSSR count). The van der Waals surface area contributed by atoms with Crippen LogP contribution in [0.4, 0.5) is 0 Å². The van der Waals surface area contributed by atoms with E-state index in [1.54, 1.807) is 38.1 Å². The zero-order chi connectivity index (χ0) is 13.7. The molecule has 4 heteroatoms. The Morgan fingerprint density at radius 1 is 1.21 bits per heavy atom. The fourth-order valence-electron chi connectivity index (χ4n) is 2.45. The van der Waals surface area contributed by atoms with Gasteiger partial charge in [-0.3, -0.25) is 4.79 Å². The third kappa shape index (κ3) is 3.44. The minimum absolute atomic E-state index is 0.0891. The van der Waals surface area contributed by atoms with Gasteiger partial charge in [-0.2, -0.15) is 11.8 Å². The molecule has 19 heavy (non-hydrogen) atoms. The smallest absolute Gasteiger partial charge is 0.180 e. The van der Waals surface area contributed by atoms with Gasteiger partial charge in [0, 0.05) is 5.25 Å². The monoisotopic (exact) mass is 280 g/mol. The van der Waals surface area contributed by atoms with Crippen LogP contribution in [-0.4, -0.2) is 31.0 Å². The van der Waals surface area contributed by atoms with Crippen molar-refractivity contribution in [2.45, 2.75) is 30.9 Å². The maximum atomic E-state index is 12.4. The molecule has 1 aliphatic carbocycles. The summed E-state index contributed by atoms with van der Waals surface area (Å²) in [5.41, 5.74) is 0.568. The summed E-state index contributed by atoms with van der Waals surface area (Å²) in [6.07, 6.45) is 5.07. The van der Waals surface area contributed by atoms with Crippen LogP contribution in [0, 0.1) is 0 Å². The van der Waals surface area contributed by atoms with Crippen LogP contribution >= 0.6 is 11.8 Å². The van der Waals surface area contributed by atoms with Crippen LogP contribution in [-0.2, 0) is 0 Å². The third-order valence-corrected chi connectivity index (χ3v) is 4.83. The lowest BCUT2D eigenvalue weighted by Gasteiger charge is -2.13. The second-order valence-corrected chi connectivity index (χ2v) is 5.97. The molecule has 0 heterocycles. The van der Waals surface area contributed by atoms with E-state index in [-0.39, 0.29) is 5.78 Å². The number of Topliss-reactive ketones (excluding diaryl/α,β-unsaturated/α-hetero) is 1. The van der Waals surface area contributed by atoms with Gasteiger partial charge in [0.2, 0.25) is 0 Å². The van der Waals surface area contributed by atoms with Gasteiger partial charge in [0.25, 0.3) is 0 Å². The quantitative estimate of drug-likeness (QED) is 0.746. The van der Waals surface area contributed by atoms with Crippen LogP contribution in [0.1, 0.15) is 36.0 Å². The summed E-state index contributed by atoms with van der Waals surface area (Å²) >= 11 is 1.76. The van der Waals surface area contributed by atoms with Gasteiger partial charge in [0.15, 0.2) is 5.78 Å². The molecular formula is C15H20O3S. The Morgan fingerprint density at radius 3 is 2.32 bits per heavy atom. The van der Waals surface area contributed by atoms with Crippen molar-refractivity contribution in [3.63, 3.8) is 0 Å². The number of carbonyl (C=O) groups is 1. The zero-order valence-electron chi connectivity index (χ0n) is 11.5. The van der Waals surface area contributed by atoms with Gasteiger partial charge in [-0.05, 0) is 25.0 Å². The summed E-state index contributed by atoms with van der Waals surface area (Å²) in [5.74, 6) is 1.78. The van der Waals surface area contributed by atoms with Crippen molar-refractivity contribution >= 4 is 17.5 Å². The highest BCUT2D eigenvalue weighted by atomic mass is 32.2. The first-order valence-electron chi connectivity index (χ1n) is 6.62. The van der Waals surface area contributed by atoms with Crippen LogP contribution < -0.4 is 9.47 Å². The molecule has 0 aliphatic heterocycles. The predicted molar refractivity (Wildman–Crippen MR) is 78.6 cm³/mol. The normalized spacial score (nSPS) is 15.5. The number of ketones is 1. The van der Waals surface area contributed by atoms with Gasteiger partial charge in [-0.25, -0.2) is 0 Å². The number of ether oxygens (including phenoxy) is 2. The van der Waals surface area contributed by atoms with Crippen molar-refractivity contribution in [2.75, 3.05) is 20.0 Å². The van der Waals surface area contributed by atoms with Gasteiger partial charge in [0.1, 0.15) is 17.1 Å². The molecule has 1 aliphatic rings. The SMILES string of the molecule is COc1cccc(OC)c1C(=O)CSC1CCCC1. The van der Waals surface area contributed by atoms with Crippen LogP contribution in [0.3, 0.4) is 0 Å². The number of hydrogen-bond acceptors (Lipinski definition) is 4. The summed E-state index contributed by atoms with van der Waals surface area (Å²) in [6, 6.07) is 5.44. The summed E-state index contributed by atoms with van der Waals surface area (Å²) in [5, 5.41) is 0.643. The minimum Gasteiger partial charge on any atom is -0.496 e. The number of thioether (sulfide) groups is 1. The van der Waals surface area contributed by atoms with Crippen molar-refractivity contribution in [2.24, 2.45) is 0 Å². The molecule has 1 aromatic carbocycles. The fraction of sp³-hybridized carbons (Fsp3) is 0.533. The molecule has 1 saturated carbocycles. The highest BCUT2D eigenvalue weighted by Crippen LogP contribution is 2.33. The van der Waals surface area contributed by atoms with Gasteiger partial charge in [-0.15, -0.1) is 0 Å². The lowest BCUT2D eigenvalue weighted by molar-refractivity contribution is 0.101. The largest absolute Gasteiger partial charge is 0.496 e. The van der Waals surface area contributed by atoms with Crippen molar-refractivity contribution < 1.29 is 14.3 Å². The topological polar surface area (TPSA) is 35.5 Å². The average Bonchev–Trinajstić information content (AvgIpc) is 2.97. The highest BCUT2D eigenvalue weighted by molar-refractivity contribution is 8.00. The van der Waals surface area contributed by atoms with E-state index in [0.717, 1.165) is 0 Å². The molecule has 0 spiro atoms. The van der Waals surface area contributed by atoms with Gasteiger partial charge >= 0.3 is 0 Å². The Labute approximate surface area is 118 Å². The van der Waals surface area contributed by atoms with Crippen LogP contribution in [0.2, 0.25) is 0 Å². The summed E-state index contributed by atoms with van der Waals surface area (Å²) in [6.45, 7) is 0. The second kappa shape index (κ2) is 6.85. The van der Waals surface area contributed by atoms with Crippen LogP contribution in [0.25, 0.3) is 0 Å². The molecule has 0 amide bonds. The van der Waals surface area contributed by atoms with E-state index in [2.05, 4.69) is 0 Å². The van der Waals surface area contributed by atoms with E-state index < -0.39 is 0 Å². The molecular weight excluding hydrogens is 260 g/mol. The first-order chi connectivity index (χ1) is 9.26. The molecule has 104 valence electrons. The Hall–Kier alpha value is -1.16. The van der Waals surface area contributed by atoms with E-state index in [0.29, 0.717) is 28.1 Å². The second-order valence-electron chi connectivity index (χ2n) is 4.68. The average molecular weight is 280 g/mol. The van der Waals surface area contributed by atoms with Crippen LogP contribution in [0.5, 0.6) is 11.5 Å². The molecule has 1 fully saturated rings.